The first-order chi connectivity index (χ1) is 9.88. The summed E-state index contributed by atoms with van der Waals surface area (Å²) in [5, 5.41) is 0. The van der Waals surface area contributed by atoms with Gasteiger partial charge in [-0.3, -0.25) is 24.1 Å². The van der Waals surface area contributed by atoms with Gasteiger partial charge in [0.05, 0.1) is 13.7 Å². The molecule has 1 aromatic rings. The molecule has 0 aromatic heterocycles. The summed E-state index contributed by atoms with van der Waals surface area (Å²) >= 11 is 0. The van der Waals surface area contributed by atoms with Crippen molar-refractivity contribution >= 4 is 23.6 Å². The van der Waals surface area contributed by atoms with E-state index in [4.69, 9.17) is 0 Å². The smallest absolute Gasteiger partial charge is 0.325 e. The minimum Gasteiger partial charge on any atom is -0.468 e. The number of ether oxygens (including phenoxy) is 1. The topological polar surface area (TPSA) is 80.8 Å². The second-order valence-corrected chi connectivity index (χ2v) is 4.91. The van der Waals surface area contributed by atoms with Crippen LogP contribution in [0.25, 0.3) is 0 Å². The third kappa shape index (κ3) is 2.44. The number of ketones is 1. The quantitative estimate of drug-likeness (QED) is 0.609. The van der Waals surface area contributed by atoms with E-state index in [1.54, 1.807) is 25.1 Å². The summed E-state index contributed by atoms with van der Waals surface area (Å²) in [6.07, 6.45) is 0. The first-order valence-electron chi connectivity index (χ1n) is 6.41. The molecule has 1 aliphatic heterocycles. The molecule has 110 valence electrons. The van der Waals surface area contributed by atoms with Gasteiger partial charge in [0, 0.05) is 5.56 Å². The number of benzene rings is 1. The highest BCUT2D eigenvalue weighted by Crippen LogP contribution is 2.27. The Morgan fingerprint density at radius 3 is 2.48 bits per heavy atom. The van der Waals surface area contributed by atoms with Crippen molar-refractivity contribution in [2.24, 2.45) is 5.92 Å². The first-order valence-corrected chi connectivity index (χ1v) is 6.41. The SMILES string of the molecule is COC(=O)C(C(C)=O)C(=O)N1Cc2cccc(C)c2C1=O. The van der Waals surface area contributed by atoms with Crippen LogP contribution in [-0.2, 0) is 25.7 Å². The van der Waals surface area contributed by atoms with Crippen LogP contribution in [0.2, 0.25) is 0 Å². The summed E-state index contributed by atoms with van der Waals surface area (Å²) in [5.41, 5.74) is 1.92. The maximum atomic E-state index is 12.4. The number of fused-ring (bicyclic) bond motifs is 1. The monoisotopic (exact) mass is 289 g/mol. The Labute approximate surface area is 121 Å². The lowest BCUT2D eigenvalue weighted by Crippen LogP contribution is -2.43. The highest BCUT2D eigenvalue weighted by atomic mass is 16.5. The molecule has 21 heavy (non-hydrogen) atoms. The van der Waals surface area contributed by atoms with Gasteiger partial charge in [0.15, 0.2) is 11.7 Å². The third-order valence-corrected chi connectivity index (χ3v) is 3.50. The maximum Gasteiger partial charge on any atom is 0.325 e. The molecule has 2 amide bonds. The van der Waals surface area contributed by atoms with Gasteiger partial charge in [0.1, 0.15) is 0 Å². The lowest BCUT2D eigenvalue weighted by molar-refractivity contribution is -0.155. The number of hydrogen-bond donors (Lipinski definition) is 0. The maximum absolute atomic E-state index is 12.4. The normalized spacial score (nSPS) is 14.6. The number of esters is 1. The number of nitrogens with zero attached hydrogens (tertiary/aromatic N) is 1. The predicted octanol–water partition coefficient (Wildman–Crippen LogP) is 0.856. The molecule has 6 nitrogen and oxygen atoms in total. The molecule has 1 aromatic carbocycles. The Hall–Kier alpha value is -2.50. The van der Waals surface area contributed by atoms with E-state index in [1.165, 1.54) is 0 Å². The predicted molar refractivity (Wildman–Crippen MR) is 72.2 cm³/mol. The highest BCUT2D eigenvalue weighted by molar-refractivity contribution is 6.21. The van der Waals surface area contributed by atoms with Gasteiger partial charge in [-0.2, -0.15) is 0 Å². The van der Waals surface area contributed by atoms with Crippen LogP contribution in [0.5, 0.6) is 0 Å². The summed E-state index contributed by atoms with van der Waals surface area (Å²) in [5.74, 6) is -4.51. The van der Waals surface area contributed by atoms with Crippen LogP contribution >= 0.6 is 0 Å². The van der Waals surface area contributed by atoms with Crippen LogP contribution in [-0.4, -0.2) is 35.6 Å². The molecule has 1 unspecified atom stereocenters. The summed E-state index contributed by atoms with van der Waals surface area (Å²) in [4.78, 5) is 48.8. The molecule has 0 saturated heterocycles. The summed E-state index contributed by atoms with van der Waals surface area (Å²) in [7, 11) is 1.09. The highest BCUT2D eigenvalue weighted by Gasteiger charge is 2.41. The van der Waals surface area contributed by atoms with Crippen LogP contribution in [0.1, 0.15) is 28.4 Å². The van der Waals surface area contributed by atoms with E-state index in [-0.39, 0.29) is 6.54 Å². The van der Waals surface area contributed by atoms with Gasteiger partial charge in [0.2, 0.25) is 0 Å². The van der Waals surface area contributed by atoms with Gasteiger partial charge in [-0.25, -0.2) is 0 Å². The van der Waals surface area contributed by atoms with Crippen molar-refractivity contribution in [1.29, 1.82) is 0 Å². The molecule has 0 saturated carbocycles. The molecule has 0 spiro atoms. The van der Waals surface area contributed by atoms with E-state index < -0.39 is 29.5 Å². The number of imide groups is 1. The molecule has 6 heteroatoms. The largest absolute Gasteiger partial charge is 0.468 e. The standard InChI is InChI=1S/C15H15NO5/c1-8-5-4-6-10-7-16(13(18)11(8)10)14(19)12(9(2)17)15(20)21-3/h4-6,12H,7H2,1-3H3. The number of Topliss-reactive ketones (excluding diaryl/α,β-unsaturated/α-hetero) is 1. The van der Waals surface area contributed by atoms with Crippen LogP contribution < -0.4 is 0 Å². The van der Waals surface area contributed by atoms with Crippen molar-refractivity contribution in [2.45, 2.75) is 20.4 Å². The third-order valence-electron chi connectivity index (χ3n) is 3.50. The van der Waals surface area contributed by atoms with Crippen molar-refractivity contribution in [3.05, 3.63) is 34.9 Å². The van der Waals surface area contributed by atoms with E-state index in [1.807, 2.05) is 0 Å². The van der Waals surface area contributed by atoms with Crippen molar-refractivity contribution in [3.8, 4) is 0 Å². The second kappa shape index (κ2) is 5.47. The van der Waals surface area contributed by atoms with E-state index in [0.717, 1.165) is 24.5 Å². The zero-order chi connectivity index (χ0) is 15.7. The lowest BCUT2D eigenvalue weighted by atomic mass is 10.0. The number of rotatable bonds is 3. The Morgan fingerprint density at radius 1 is 1.29 bits per heavy atom. The molecule has 0 fully saturated rings. The fourth-order valence-electron chi connectivity index (χ4n) is 2.44. The lowest BCUT2D eigenvalue weighted by Gasteiger charge is -2.18. The van der Waals surface area contributed by atoms with Gasteiger partial charge in [0.25, 0.3) is 11.8 Å². The number of aryl methyl sites for hydroxylation is 1. The molecule has 1 aliphatic rings. The Balaban J connectivity index is 2.35. The van der Waals surface area contributed by atoms with E-state index in [2.05, 4.69) is 4.74 Å². The fraction of sp³-hybridized carbons (Fsp3) is 0.333. The Bertz CT molecular complexity index is 649. The zero-order valence-corrected chi connectivity index (χ0v) is 12.0. The molecule has 1 atom stereocenters. The van der Waals surface area contributed by atoms with Gasteiger partial charge in [-0.05, 0) is 25.0 Å². The van der Waals surface area contributed by atoms with Crippen LogP contribution in [0.4, 0.5) is 0 Å². The van der Waals surface area contributed by atoms with Crippen molar-refractivity contribution < 1.29 is 23.9 Å². The van der Waals surface area contributed by atoms with Crippen LogP contribution in [0, 0.1) is 12.8 Å². The van der Waals surface area contributed by atoms with Crippen molar-refractivity contribution in [1.82, 2.24) is 4.90 Å². The van der Waals surface area contributed by atoms with Crippen LogP contribution in [0.15, 0.2) is 18.2 Å². The van der Waals surface area contributed by atoms with Gasteiger partial charge >= 0.3 is 5.97 Å². The molecule has 0 aliphatic carbocycles. The van der Waals surface area contributed by atoms with Crippen LogP contribution in [0.3, 0.4) is 0 Å². The van der Waals surface area contributed by atoms with Crippen molar-refractivity contribution in [2.75, 3.05) is 7.11 Å². The average Bonchev–Trinajstić information content (AvgIpc) is 2.77. The fourth-order valence-corrected chi connectivity index (χ4v) is 2.44. The molecule has 0 radical (unpaired) electrons. The molecular weight excluding hydrogens is 274 g/mol. The number of carbonyl (C=O) groups is 4. The molecule has 1 heterocycles. The second-order valence-electron chi connectivity index (χ2n) is 4.91. The summed E-state index contributed by atoms with van der Waals surface area (Å²) in [6, 6.07) is 5.31. The number of amides is 2. The Kier molecular flexibility index (Phi) is 3.88. The van der Waals surface area contributed by atoms with E-state index >= 15 is 0 Å². The molecule has 0 N–H and O–H groups in total. The zero-order valence-electron chi connectivity index (χ0n) is 12.0. The molecule has 2 rings (SSSR count). The minimum absolute atomic E-state index is 0.0649. The van der Waals surface area contributed by atoms with Gasteiger partial charge in [-0.1, -0.05) is 18.2 Å². The van der Waals surface area contributed by atoms with E-state index in [9.17, 15) is 19.2 Å². The minimum atomic E-state index is -1.59. The van der Waals surface area contributed by atoms with Gasteiger partial charge in [-0.15, -0.1) is 0 Å². The summed E-state index contributed by atoms with van der Waals surface area (Å²) in [6.45, 7) is 2.96. The van der Waals surface area contributed by atoms with Crippen molar-refractivity contribution in [3.63, 3.8) is 0 Å². The Morgan fingerprint density at radius 2 is 1.95 bits per heavy atom. The summed E-state index contributed by atoms with van der Waals surface area (Å²) < 4.78 is 4.47. The average molecular weight is 289 g/mol. The molecular formula is C15H15NO5. The van der Waals surface area contributed by atoms with Gasteiger partial charge < -0.3 is 4.74 Å². The number of hydrogen-bond acceptors (Lipinski definition) is 5. The number of methoxy groups -OCH3 is 1. The first kappa shape index (κ1) is 14.9. The number of carbonyl (C=O) groups excluding carboxylic acids is 4. The van der Waals surface area contributed by atoms with E-state index in [0.29, 0.717) is 11.1 Å². The molecule has 0 bridgehead atoms.